The first-order chi connectivity index (χ1) is 9.90. The fourth-order valence-corrected chi connectivity index (χ4v) is 3.34. The van der Waals surface area contributed by atoms with Gasteiger partial charge in [0.2, 0.25) is 0 Å². The van der Waals surface area contributed by atoms with Gasteiger partial charge >= 0.3 is 6.09 Å². The SMILES string of the molecule is CC[C@H]1CNCCN1C1CCN(C(=O)OC(C)(C)C)CC1. The fraction of sp³-hybridized carbons (Fsp3) is 0.938. The van der Waals surface area contributed by atoms with Crippen LogP contribution in [0.5, 0.6) is 0 Å². The first kappa shape index (κ1) is 16.6. The lowest BCUT2D eigenvalue weighted by Gasteiger charge is -2.44. The van der Waals surface area contributed by atoms with Gasteiger partial charge in [-0.1, -0.05) is 6.92 Å². The number of likely N-dealkylation sites (tertiary alicyclic amines) is 1. The van der Waals surface area contributed by atoms with E-state index in [-0.39, 0.29) is 6.09 Å². The van der Waals surface area contributed by atoms with Gasteiger partial charge in [0.25, 0.3) is 0 Å². The van der Waals surface area contributed by atoms with E-state index in [4.69, 9.17) is 4.74 Å². The number of hydrogen-bond acceptors (Lipinski definition) is 4. The molecule has 2 heterocycles. The minimum absolute atomic E-state index is 0.159. The monoisotopic (exact) mass is 297 g/mol. The van der Waals surface area contributed by atoms with Crippen molar-refractivity contribution < 1.29 is 9.53 Å². The first-order valence-electron chi connectivity index (χ1n) is 8.35. The molecule has 122 valence electrons. The van der Waals surface area contributed by atoms with Gasteiger partial charge in [0.1, 0.15) is 5.60 Å². The van der Waals surface area contributed by atoms with E-state index in [2.05, 4.69) is 17.1 Å². The van der Waals surface area contributed by atoms with Crippen LogP contribution in [0.2, 0.25) is 0 Å². The second-order valence-electron chi connectivity index (χ2n) is 7.20. The molecule has 2 rings (SSSR count). The summed E-state index contributed by atoms with van der Waals surface area (Å²) in [5.74, 6) is 0. The number of carbonyl (C=O) groups excluding carboxylic acids is 1. The first-order valence-corrected chi connectivity index (χ1v) is 8.35. The molecule has 1 atom stereocenters. The van der Waals surface area contributed by atoms with Crippen molar-refractivity contribution in [3.63, 3.8) is 0 Å². The van der Waals surface area contributed by atoms with Gasteiger partial charge in [0, 0.05) is 44.8 Å². The molecule has 0 radical (unpaired) electrons. The van der Waals surface area contributed by atoms with Crippen molar-refractivity contribution in [1.82, 2.24) is 15.1 Å². The van der Waals surface area contributed by atoms with Crippen LogP contribution in [0.15, 0.2) is 0 Å². The molecular formula is C16H31N3O2. The maximum Gasteiger partial charge on any atom is 0.410 e. The summed E-state index contributed by atoms with van der Waals surface area (Å²) in [5, 5.41) is 3.48. The van der Waals surface area contributed by atoms with Crippen LogP contribution in [0.25, 0.3) is 0 Å². The summed E-state index contributed by atoms with van der Waals surface area (Å²) in [6.45, 7) is 13.0. The zero-order valence-corrected chi connectivity index (χ0v) is 14.0. The summed E-state index contributed by atoms with van der Waals surface area (Å²) in [6.07, 6.45) is 3.17. The van der Waals surface area contributed by atoms with Crippen molar-refractivity contribution >= 4 is 6.09 Å². The van der Waals surface area contributed by atoms with E-state index in [0.717, 1.165) is 45.6 Å². The second kappa shape index (κ2) is 6.97. The Bertz CT molecular complexity index is 346. The van der Waals surface area contributed by atoms with Gasteiger partial charge in [-0.15, -0.1) is 0 Å². The average molecular weight is 297 g/mol. The predicted molar refractivity (Wildman–Crippen MR) is 84.5 cm³/mol. The number of carbonyl (C=O) groups is 1. The fourth-order valence-electron chi connectivity index (χ4n) is 3.34. The molecule has 0 unspecified atom stereocenters. The standard InChI is InChI=1S/C16H31N3O2/c1-5-13-12-17-8-11-19(13)14-6-9-18(10-7-14)15(20)21-16(2,3)4/h13-14,17H,5-12H2,1-4H3/t13-/m0/s1. The van der Waals surface area contributed by atoms with E-state index in [9.17, 15) is 4.79 Å². The molecule has 0 spiro atoms. The maximum absolute atomic E-state index is 12.1. The van der Waals surface area contributed by atoms with Crippen molar-refractivity contribution in [1.29, 1.82) is 0 Å². The summed E-state index contributed by atoms with van der Waals surface area (Å²) in [7, 11) is 0. The third-order valence-corrected chi connectivity index (χ3v) is 4.45. The average Bonchev–Trinajstić information content (AvgIpc) is 2.45. The molecule has 2 aliphatic rings. The molecule has 1 amide bonds. The van der Waals surface area contributed by atoms with Crippen LogP contribution in [-0.2, 0) is 4.74 Å². The van der Waals surface area contributed by atoms with Gasteiger partial charge in [0.15, 0.2) is 0 Å². The summed E-state index contributed by atoms with van der Waals surface area (Å²) in [4.78, 5) is 16.6. The van der Waals surface area contributed by atoms with Gasteiger partial charge < -0.3 is 15.0 Å². The quantitative estimate of drug-likeness (QED) is 0.847. The number of rotatable bonds is 2. The Morgan fingerprint density at radius 1 is 1.24 bits per heavy atom. The zero-order valence-electron chi connectivity index (χ0n) is 14.0. The van der Waals surface area contributed by atoms with E-state index in [1.165, 1.54) is 6.42 Å². The van der Waals surface area contributed by atoms with Gasteiger partial charge in [-0.3, -0.25) is 4.90 Å². The van der Waals surface area contributed by atoms with Crippen molar-refractivity contribution in [2.45, 2.75) is 64.6 Å². The van der Waals surface area contributed by atoms with Crippen LogP contribution >= 0.6 is 0 Å². The molecule has 0 aromatic heterocycles. The van der Waals surface area contributed by atoms with E-state index in [1.807, 2.05) is 25.7 Å². The summed E-state index contributed by atoms with van der Waals surface area (Å²) in [6, 6.07) is 1.27. The van der Waals surface area contributed by atoms with E-state index >= 15 is 0 Å². The van der Waals surface area contributed by atoms with Crippen molar-refractivity contribution in [2.75, 3.05) is 32.7 Å². The van der Waals surface area contributed by atoms with Crippen LogP contribution in [0.4, 0.5) is 4.79 Å². The normalized spacial score (nSPS) is 25.9. The highest BCUT2D eigenvalue weighted by Gasteiger charge is 2.32. The van der Waals surface area contributed by atoms with E-state index < -0.39 is 5.60 Å². The molecule has 0 bridgehead atoms. The molecule has 0 saturated carbocycles. The number of amides is 1. The number of hydrogen-bond donors (Lipinski definition) is 1. The minimum Gasteiger partial charge on any atom is -0.444 e. The summed E-state index contributed by atoms with van der Waals surface area (Å²) < 4.78 is 5.46. The van der Waals surface area contributed by atoms with Crippen LogP contribution in [0.1, 0.15) is 47.0 Å². The number of piperidine rings is 1. The Labute approximate surface area is 129 Å². The Morgan fingerprint density at radius 2 is 1.90 bits per heavy atom. The lowest BCUT2D eigenvalue weighted by atomic mass is 9.99. The molecule has 21 heavy (non-hydrogen) atoms. The highest BCUT2D eigenvalue weighted by atomic mass is 16.6. The Morgan fingerprint density at radius 3 is 2.48 bits per heavy atom. The third kappa shape index (κ3) is 4.58. The predicted octanol–water partition coefficient (Wildman–Crippen LogP) is 2.07. The van der Waals surface area contributed by atoms with Gasteiger partial charge in [-0.05, 0) is 40.0 Å². The van der Waals surface area contributed by atoms with Crippen LogP contribution in [0.3, 0.4) is 0 Å². The van der Waals surface area contributed by atoms with Crippen LogP contribution in [0, 0.1) is 0 Å². The summed E-state index contributed by atoms with van der Waals surface area (Å²) in [5.41, 5.74) is -0.403. The molecule has 0 aliphatic carbocycles. The zero-order chi connectivity index (χ0) is 15.5. The molecule has 5 nitrogen and oxygen atoms in total. The largest absolute Gasteiger partial charge is 0.444 e. The van der Waals surface area contributed by atoms with Crippen molar-refractivity contribution in [3.8, 4) is 0 Å². The molecule has 0 aromatic carbocycles. The maximum atomic E-state index is 12.1. The van der Waals surface area contributed by atoms with Crippen molar-refractivity contribution in [3.05, 3.63) is 0 Å². The van der Waals surface area contributed by atoms with Crippen LogP contribution in [-0.4, -0.2) is 66.3 Å². The molecule has 1 N–H and O–H groups in total. The smallest absolute Gasteiger partial charge is 0.410 e. The van der Waals surface area contributed by atoms with Gasteiger partial charge in [-0.25, -0.2) is 4.79 Å². The summed E-state index contributed by atoms with van der Waals surface area (Å²) >= 11 is 0. The second-order valence-corrected chi connectivity index (χ2v) is 7.20. The molecule has 2 fully saturated rings. The number of ether oxygens (including phenoxy) is 1. The lowest BCUT2D eigenvalue weighted by Crippen LogP contribution is -2.57. The van der Waals surface area contributed by atoms with Gasteiger partial charge in [-0.2, -0.15) is 0 Å². The van der Waals surface area contributed by atoms with Crippen LogP contribution < -0.4 is 5.32 Å². The Hall–Kier alpha value is -0.810. The Balaban J connectivity index is 1.83. The van der Waals surface area contributed by atoms with E-state index in [1.54, 1.807) is 0 Å². The highest BCUT2D eigenvalue weighted by molar-refractivity contribution is 5.68. The lowest BCUT2D eigenvalue weighted by molar-refractivity contribution is 0.00832. The van der Waals surface area contributed by atoms with Crippen molar-refractivity contribution in [2.24, 2.45) is 0 Å². The number of piperazine rings is 1. The highest BCUT2D eigenvalue weighted by Crippen LogP contribution is 2.22. The molecule has 5 heteroatoms. The Kier molecular flexibility index (Phi) is 5.49. The third-order valence-electron chi connectivity index (χ3n) is 4.45. The molecule has 2 saturated heterocycles. The molecule has 2 aliphatic heterocycles. The molecular weight excluding hydrogens is 266 g/mol. The van der Waals surface area contributed by atoms with E-state index in [0.29, 0.717) is 12.1 Å². The number of nitrogens with zero attached hydrogens (tertiary/aromatic N) is 2. The molecule has 0 aromatic rings. The number of nitrogens with one attached hydrogen (secondary N) is 1. The topological polar surface area (TPSA) is 44.8 Å². The minimum atomic E-state index is -0.403. The van der Waals surface area contributed by atoms with Gasteiger partial charge in [0.05, 0.1) is 0 Å².